The molecule has 0 saturated carbocycles. The van der Waals surface area contributed by atoms with Crippen LogP contribution in [0.5, 0.6) is 0 Å². The lowest BCUT2D eigenvalue weighted by molar-refractivity contribution is -0.112. The van der Waals surface area contributed by atoms with Crippen LogP contribution in [-0.2, 0) is 17.6 Å². The number of piperidine rings is 1. The molecule has 6 heteroatoms. The Morgan fingerprint density at radius 2 is 1.75 bits per heavy atom. The van der Waals surface area contributed by atoms with Gasteiger partial charge >= 0.3 is 5.97 Å². The molecular formula is C26H29N3O3. The monoisotopic (exact) mass is 431 g/mol. The Labute approximate surface area is 188 Å². The molecule has 2 aromatic carbocycles. The fraction of sp³-hybridized carbons (Fsp3) is 0.308. The maximum absolute atomic E-state index is 12.8. The van der Waals surface area contributed by atoms with Gasteiger partial charge in [0, 0.05) is 19.3 Å². The second-order valence-corrected chi connectivity index (χ2v) is 8.29. The quantitative estimate of drug-likeness (QED) is 0.618. The van der Waals surface area contributed by atoms with Gasteiger partial charge in [-0.25, -0.2) is 4.79 Å². The van der Waals surface area contributed by atoms with Gasteiger partial charge in [-0.15, -0.1) is 0 Å². The van der Waals surface area contributed by atoms with Crippen molar-refractivity contribution in [1.29, 1.82) is 0 Å². The van der Waals surface area contributed by atoms with Gasteiger partial charge < -0.3 is 15.7 Å². The number of rotatable bonds is 7. The summed E-state index contributed by atoms with van der Waals surface area (Å²) in [6, 6.07) is 15.3. The zero-order valence-electron chi connectivity index (χ0n) is 18.1. The van der Waals surface area contributed by atoms with Crippen molar-refractivity contribution in [3.63, 3.8) is 0 Å². The van der Waals surface area contributed by atoms with Gasteiger partial charge in [-0.2, -0.15) is 0 Å². The standard InChI is InChI=1S/C26H29N3O3/c30-25(21-12-14-24(27-18-21)29-15-5-2-6-16-29)28-23-17-20(11-13-22(23)26(31)32)10-9-19-7-3-1-4-8-19/h1,3-4,7-8,11-14,17-18,24,27H,2,5-6,9-10,15-16H2,(H,28,30)(H,31,32). The topological polar surface area (TPSA) is 81.7 Å². The molecule has 0 spiro atoms. The lowest BCUT2D eigenvalue weighted by Crippen LogP contribution is -2.46. The van der Waals surface area contributed by atoms with E-state index in [0.717, 1.165) is 31.5 Å². The van der Waals surface area contributed by atoms with Gasteiger partial charge in [0.25, 0.3) is 5.91 Å². The summed E-state index contributed by atoms with van der Waals surface area (Å²) in [6.45, 7) is 2.10. The summed E-state index contributed by atoms with van der Waals surface area (Å²) in [6.07, 6.45) is 10.9. The second kappa shape index (κ2) is 10.3. The number of dihydropyridines is 1. The lowest BCUT2D eigenvalue weighted by atomic mass is 10.0. The molecule has 1 fully saturated rings. The average molecular weight is 432 g/mol. The normalized spacial score (nSPS) is 18.5. The predicted octanol–water partition coefficient (Wildman–Crippen LogP) is 3.96. The number of carboxylic acids is 1. The fourth-order valence-corrected chi connectivity index (χ4v) is 4.20. The van der Waals surface area contributed by atoms with E-state index < -0.39 is 5.97 Å². The third kappa shape index (κ3) is 5.45. The predicted molar refractivity (Wildman–Crippen MR) is 125 cm³/mol. The Morgan fingerprint density at radius 3 is 2.44 bits per heavy atom. The van der Waals surface area contributed by atoms with E-state index in [-0.39, 0.29) is 17.6 Å². The van der Waals surface area contributed by atoms with E-state index in [4.69, 9.17) is 0 Å². The third-order valence-electron chi connectivity index (χ3n) is 6.02. The first kappa shape index (κ1) is 21.8. The number of anilines is 1. The summed E-state index contributed by atoms with van der Waals surface area (Å²) in [5.74, 6) is -1.39. The molecule has 0 radical (unpaired) electrons. The molecule has 1 amide bonds. The number of amides is 1. The first-order valence-corrected chi connectivity index (χ1v) is 11.2. The Bertz CT molecular complexity index is 1020. The second-order valence-electron chi connectivity index (χ2n) is 8.29. The highest BCUT2D eigenvalue weighted by atomic mass is 16.4. The molecule has 2 heterocycles. The van der Waals surface area contributed by atoms with E-state index in [1.807, 2.05) is 36.4 Å². The number of likely N-dealkylation sites (tertiary alicyclic amines) is 1. The summed E-state index contributed by atoms with van der Waals surface area (Å²) in [7, 11) is 0. The molecular weight excluding hydrogens is 402 g/mol. The largest absolute Gasteiger partial charge is 0.478 e. The molecule has 1 unspecified atom stereocenters. The Kier molecular flexibility index (Phi) is 7.02. The van der Waals surface area contributed by atoms with Crippen LogP contribution in [0.2, 0.25) is 0 Å². The van der Waals surface area contributed by atoms with Crippen molar-refractivity contribution in [1.82, 2.24) is 10.2 Å². The van der Waals surface area contributed by atoms with Crippen LogP contribution in [0.4, 0.5) is 5.69 Å². The Balaban J connectivity index is 1.42. The van der Waals surface area contributed by atoms with Crippen LogP contribution in [0.15, 0.2) is 72.5 Å². The van der Waals surface area contributed by atoms with Crippen LogP contribution >= 0.6 is 0 Å². The van der Waals surface area contributed by atoms with E-state index in [1.54, 1.807) is 18.3 Å². The van der Waals surface area contributed by atoms with Crippen molar-refractivity contribution in [2.24, 2.45) is 0 Å². The summed E-state index contributed by atoms with van der Waals surface area (Å²) in [5.41, 5.74) is 3.07. The first-order valence-electron chi connectivity index (χ1n) is 11.2. The zero-order chi connectivity index (χ0) is 22.3. The van der Waals surface area contributed by atoms with E-state index in [2.05, 4.69) is 27.7 Å². The summed E-state index contributed by atoms with van der Waals surface area (Å²) in [5, 5.41) is 15.7. The van der Waals surface area contributed by atoms with Crippen LogP contribution in [0, 0.1) is 0 Å². The molecule has 6 nitrogen and oxygen atoms in total. The van der Waals surface area contributed by atoms with E-state index in [0.29, 0.717) is 11.3 Å². The number of carboxylic acid groups (broad SMARTS) is 1. The molecule has 0 aliphatic carbocycles. The lowest BCUT2D eigenvalue weighted by Gasteiger charge is -2.34. The highest BCUT2D eigenvalue weighted by Crippen LogP contribution is 2.21. The number of benzene rings is 2. The fourth-order valence-electron chi connectivity index (χ4n) is 4.20. The minimum atomic E-state index is -1.06. The van der Waals surface area contributed by atoms with Crippen molar-refractivity contribution >= 4 is 17.6 Å². The van der Waals surface area contributed by atoms with Gasteiger partial charge in [0.15, 0.2) is 0 Å². The summed E-state index contributed by atoms with van der Waals surface area (Å²) >= 11 is 0. The SMILES string of the molecule is O=C(Nc1cc(CCc2ccccc2)ccc1C(=O)O)C1=CNC(N2CCCCC2)C=C1. The van der Waals surface area contributed by atoms with Crippen molar-refractivity contribution in [3.8, 4) is 0 Å². The van der Waals surface area contributed by atoms with Crippen LogP contribution < -0.4 is 10.6 Å². The van der Waals surface area contributed by atoms with Crippen molar-refractivity contribution in [2.75, 3.05) is 18.4 Å². The van der Waals surface area contributed by atoms with Crippen LogP contribution in [0.3, 0.4) is 0 Å². The smallest absolute Gasteiger partial charge is 0.337 e. The number of carbonyl (C=O) groups excluding carboxylic acids is 1. The molecule has 2 aliphatic rings. The molecule has 0 aromatic heterocycles. The minimum Gasteiger partial charge on any atom is -0.478 e. The maximum Gasteiger partial charge on any atom is 0.337 e. The van der Waals surface area contributed by atoms with Crippen LogP contribution in [0.1, 0.15) is 40.7 Å². The van der Waals surface area contributed by atoms with Gasteiger partial charge in [0.2, 0.25) is 0 Å². The molecule has 0 bridgehead atoms. The molecule has 166 valence electrons. The number of aromatic carboxylic acids is 1. The van der Waals surface area contributed by atoms with Gasteiger partial charge in [-0.1, -0.05) is 42.8 Å². The molecule has 1 atom stereocenters. The average Bonchev–Trinajstić information content (AvgIpc) is 2.84. The Morgan fingerprint density at radius 1 is 1.00 bits per heavy atom. The zero-order valence-corrected chi connectivity index (χ0v) is 18.1. The van der Waals surface area contributed by atoms with Crippen LogP contribution in [0.25, 0.3) is 0 Å². The highest BCUT2D eigenvalue weighted by Gasteiger charge is 2.21. The first-order chi connectivity index (χ1) is 15.6. The number of nitrogens with one attached hydrogen (secondary N) is 2. The van der Waals surface area contributed by atoms with Gasteiger partial charge in [-0.3, -0.25) is 9.69 Å². The number of carbonyl (C=O) groups is 2. The van der Waals surface area contributed by atoms with E-state index in [1.165, 1.54) is 24.8 Å². The van der Waals surface area contributed by atoms with E-state index >= 15 is 0 Å². The molecule has 2 aliphatic heterocycles. The van der Waals surface area contributed by atoms with Gasteiger partial charge in [0.05, 0.1) is 23.0 Å². The highest BCUT2D eigenvalue weighted by molar-refractivity contribution is 6.08. The van der Waals surface area contributed by atoms with Gasteiger partial charge in [-0.05, 0) is 61.1 Å². The van der Waals surface area contributed by atoms with Gasteiger partial charge in [0.1, 0.15) is 0 Å². The molecule has 32 heavy (non-hydrogen) atoms. The van der Waals surface area contributed by atoms with Crippen molar-refractivity contribution < 1.29 is 14.7 Å². The minimum absolute atomic E-state index is 0.0846. The molecule has 1 saturated heterocycles. The van der Waals surface area contributed by atoms with Crippen LogP contribution in [-0.4, -0.2) is 41.1 Å². The molecule has 2 aromatic rings. The number of aryl methyl sites for hydroxylation is 2. The maximum atomic E-state index is 12.8. The van der Waals surface area contributed by atoms with E-state index in [9.17, 15) is 14.7 Å². The Hall–Kier alpha value is -3.38. The number of hydrogen-bond acceptors (Lipinski definition) is 4. The molecule has 4 rings (SSSR count). The number of hydrogen-bond donors (Lipinski definition) is 3. The summed E-state index contributed by atoms with van der Waals surface area (Å²) in [4.78, 5) is 26.9. The molecule has 3 N–H and O–H groups in total. The van der Waals surface area contributed by atoms with Crippen molar-refractivity contribution in [3.05, 3.63) is 89.1 Å². The number of nitrogens with zero attached hydrogens (tertiary/aromatic N) is 1. The third-order valence-corrected chi connectivity index (χ3v) is 6.02. The van der Waals surface area contributed by atoms with Crippen molar-refractivity contribution in [2.45, 2.75) is 38.3 Å². The summed E-state index contributed by atoms with van der Waals surface area (Å²) < 4.78 is 0.